The molecule has 0 aliphatic carbocycles. The largest absolute Gasteiger partial charge is 0.296 e. The van der Waals surface area contributed by atoms with Gasteiger partial charge >= 0.3 is 0 Å². The third-order valence-corrected chi connectivity index (χ3v) is 3.36. The number of hydrogen-bond donors (Lipinski definition) is 0. The molecule has 0 amide bonds. The predicted molar refractivity (Wildman–Crippen MR) is 75.0 cm³/mol. The minimum atomic E-state index is -0.275. The number of hydrogen-bond acceptors (Lipinski definition) is 1. The second-order valence-electron chi connectivity index (χ2n) is 4.34. The van der Waals surface area contributed by atoms with Crippen molar-refractivity contribution in [1.82, 2.24) is 9.38 Å². The Balaban J connectivity index is 2.31. The molecule has 0 saturated carbocycles. The fraction of sp³-hybridized carbons (Fsp3) is 0.133. The van der Waals surface area contributed by atoms with E-state index in [9.17, 15) is 4.39 Å². The van der Waals surface area contributed by atoms with Gasteiger partial charge in [-0.05, 0) is 30.7 Å². The maximum absolute atomic E-state index is 13.4. The van der Waals surface area contributed by atoms with E-state index in [1.54, 1.807) is 10.5 Å². The molecule has 19 heavy (non-hydrogen) atoms. The predicted octanol–water partition coefficient (Wildman–Crippen LogP) is 4.36. The van der Waals surface area contributed by atoms with Crippen LogP contribution >= 0.6 is 11.6 Å². The summed E-state index contributed by atoms with van der Waals surface area (Å²) >= 11 is 5.91. The Morgan fingerprint density at radius 1 is 1.16 bits per heavy atom. The number of aryl methyl sites for hydroxylation is 1. The molecule has 0 radical (unpaired) electrons. The minimum Gasteiger partial charge on any atom is -0.296 e. The standard InChI is InChI=1S/C15H12ClFN2/c1-2-13-15(10-3-5-11(16)6-4-10)19-9-12(17)7-8-14(19)18-13/h3-9H,2H2,1H3. The van der Waals surface area contributed by atoms with Gasteiger partial charge in [-0.1, -0.05) is 30.7 Å². The van der Waals surface area contributed by atoms with Crippen molar-refractivity contribution in [1.29, 1.82) is 0 Å². The highest BCUT2D eigenvalue weighted by Crippen LogP contribution is 2.27. The van der Waals surface area contributed by atoms with Gasteiger partial charge in [0, 0.05) is 16.8 Å². The van der Waals surface area contributed by atoms with Crippen LogP contribution in [0.2, 0.25) is 5.02 Å². The Hall–Kier alpha value is -1.87. The van der Waals surface area contributed by atoms with Gasteiger partial charge in [-0.3, -0.25) is 4.40 Å². The van der Waals surface area contributed by atoms with Crippen molar-refractivity contribution in [2.45, 2.75) is 13.3 Å². The molecule has 0 bridgehead atoms. The minimum absolute atomic E-state index is 0.275. The molecule has 4 heteroatoms. The summed E-state index contributed by atoms with van der Waals surface area (Å²) in [4.78, 5) is 4.53. The van der Waals surface area contributed by atoms with Crippen molar-refractivity contribution < 1.29 is 4.39 Å². The zero-order valence-corrected chi connectivity index (χ0v) is 11.2. The average molecular weight is 275 g/mol. The van der Waals surface area contributed by atoms with Gasteiger partial charge in [0.15, 0.2) is 0 Å². The number of rotatable bonds is 2. The van der Waals surface area contributed by atoms with Crippen LogP contribution in [0, 0.1) is 5.82 Å². The van der Waals surface area contributed by atoms with Crippen LogP contribution in [0.5, 0.6) is 0 Å². The quantitative estimate of drug-likeness (QED) is 0.679. The van der Waals surface area contributed by atoms with Crippen LogP contribution in [0.25, 0.3) is 16.9 Å². The van der Waals surface area contributed by atoms with Crippen LogP contribution in [0.15, 0.2) is 42.6 Å². The smallest absolute Gasteiger partial charge is 0.139 e. The fourth-order valence-corrected chi connectivity index (χ4v) is 2.35. The van der Waals surface area contributed by atoms with Gasteiger partial charge < -0.3 is 0 Å². The highest BCUT2D eigenvalue weighted by Gasteiger charge is 2.13. The summed E-state index contributed by atoms with van der Waals surface area (Å²) in [6, 6.07) is 10.6. The summed E-state index contributed by atoms with van der Waals surface area (Å²) < 4.78 is 15.2. The number of aromatic nitrogens is 2. The SMILES string of the molecule is CCc1nc2ccc(F)cn2c1-c1ccc(Cl)cc1. The van der Waals surface area contributed by atoms with E-state index in [0.717, 1.165) is 29.0 Å². The van der Waals surface area contributed by atoms with Crippen LogP contribution < -0.4 is 0 Å². The average Bonchev–Trinajstić information content (AvgIpc) is 2.77. The Bertz CT molecular complexity index is 732. The molecule has 96 valence electrons. The summed E-state index contributed by atoms with van der Waals surface area (Å²) in [5, 5.41) is 0.682. The van der Waals surface area contributed by atoms with Gasteiger partial charge in [0.1, 0.15) is 11.5 Å². The molecule has 3 aromatic rings. The third-order valence-electron chi connectivity index (χ3n) is 3.11. The fourth-order valence-electron chi connectivity index (χ4n) is 2.23. The van der Waals surface area contributed by atoms with Crippen LogP contribution in [0.1, 0.15) is 12.6 Å². The van der Waals surface area contributed by atoms with Crippen LogP contribution in [0.4, 0.5) is 4.39 Å². The molecule has 0 unspecified atom stereocenters. The Kier molecular flexibility index (Phi) is 2.99. The van der Waals surface area contributed by atoms with E-state index < -0.39 is 0 Å². The van der Waals surface area contributed by atoms with E-state index in [0.29, 0.717) is 5.02 Å². The summed E-state index contributed by atoms with van der Waals surface area (Å²) in [6.07, 6.45) is 2.26. The first-order chi connectivity index (χ1) is 9.19. The molecule has 0 saturated heterocycles. The van der Waals surface area contributed by atoms with Gasteiger partial charge in [0.05, 0.1) is 11.4 Å². The molecule has 0 aliphatic heterocycles. The molecule has 2 heterocycles. The number of halogens is 2. The second-order valence-corrected chi connectivity index (χ2v) is 4.78. The Labute approximate surface area is 115 Å². The number of benzene rings is 1. The van der Waals surface area contributed by atoms with Gasteiger partial charge in [-0.2, -0.15) is 0 Å². The second kappa shape index (κ2) is 4.67. The molecule has 0 fully saturated rings. The lowest BCUT2D eigenvalue weighted by Crippen LogP contribution is -1.92. The van der Waals surface area contributed by atoms with Gasteiger partial charge in [0.2, 0.25) is 0 Å². The maximum Gasteiger partial charge on any atom is 0.139 e. The third kappa shape index (κ3) is 2.10. The lowest BCUT2D eigenvalue weighted by atomic mass is 10.1. The van der Waals surface area contributed by atoms with E-state index in [4.69, 9.17) is 11.6 Å². The summed E-state index contributed by atoms with van der Waals surface area (Å²) in [5.74, 6) is -0.275. The lowest BCUT2D eigenvalue weighted by molar-refractivity contribution is 0.619. The molecule has 2 nitrogen and oxygen atoms in total. The van der Waals surface area contributed by atoms with Crippen LogP contribution in [-0.4, -0.2) is 9.38 Å². The topological polar surface area (TPSA) is 17.3 Å². The van der Waals surface area contributed by atoms with Gasteiger partial charge in [0.25, 0.3) is 0 Å². The zero-order valence-electron chi connectivity index (χ0n) is 10.4. The zero-order chi connectivity index (χ0) is 13.4. The number of pyridine rings is 1. The molecule has 0 N–H and O–H groups in total. The van der Waals surface area contributed by atoms with E-state index in [1.165, 1.54) is 12.3 Å². The van der Waals surface area contributed by atoms with Crippen molar-refractivity contribution in [3.05, 3.63) is 59.1 Å². The van der Waals surface area contributed by atoms with Crippen LogP contribution in [0.3, 0.4) is 0 Å². The summed E-state index contributed by atoms with van der Waals surface area (Å²) in [6.45, 7) is 2.04. The first kappa shape index (κ1) is 12.2. The molecule has 1 aromatic carbocycles. The first-order valence-electron chi connectivity index (χ1n) is 6.11. The molecular formula is C15H12ClFN2. The van der Waals surface area contributed by atoms with E-state index in [1.807, 2.05) is 31.2 Å². The van der Waals surface area contributed by atoms with Crippen molar-refractivity contribution in [2.75, 3.05) is 0 Å². The maximum atomic E-state index is 13.4. The van der Waals surface area contributed by atoms with E-state index in [2.05, 4.69) is 4.98 Å². The number of fused-ring (bicyclic) bond motifs is 1. The molecule has 0 aliphatic rings. The van der Waals surface area contributed by atoms with Gasteiger partial charge in [-0.25, -0.2) is 9.37 Å². The molecule has 3 rings (SSSR count). The molecule has 0 atom stereocenters. The van der Waals surface area contributed by atoms with Gasteiger partial charge in [-0.15, -0.1) is 0 Å². The van der Waals surface area contributed by atoms with Crippen LogP contribution in [-0.2, 0) is 6.42 Å². The first-order valence-corrected chi connectivity index (χ1v) is 6.49. The van der Waals surface area contributed by atoms with Crippen molar-refractivity contribution in [3.63, 3.8) is 0 Å². The summed E-state index contributed by atoms with van der Waals surface area (Å²) in [5.41, 5.74) is 3.61. The molecule has 2 aromatic heterocycles. The van der Waals surface area contributed by atoms with Crippen molar-refractivity contribution in [3.8, 4) is 11.3 Å². The van der Waals surface area contributed by atoms with Crippen molar-refractivity contribution in [2.24, 2.45) is 0 Å². The van der Waals surface area contributed by atoms with Crippen molar-refractivity contribution >= 4 is 17.2 Å². The lowest BCUT2D eigenvalue weighted by Gasteiger charge is -2.04. The Morgan fingerprint density at radius 2 is 1.89 bits per heavy atom. The highest BCUT2D eigenvalue weighted by molar-refractivity contribution is 6.30. The number of imidazole rings is 1. The van der Waals surface area contributed by atoms with E-state index >= 15 is 0 Å². The highest BCUT2D eigenvalue weighted by atomic mass is 35.5. The normalized spacial score (nSPS) is 11.1. The Morgan fingerprint density at radius 3 is 2.58 bits per heavy atom. The molecule has 0 spiro atoms. The summed E-state index contributed by atoms with van der Waals surface area (Å²) in [7, 11) is 0. The van der Waals surface area contributed by atoms with E-state index in [-0.39, 0.29) is 5.82 Å². The molecular weight excluding hydrogens is 263 g/mol. The monoisotopic (exact) mass is 274 g/mol. The number of nitrogens with zero attached hydrogens (tertiary/aromatic N) is 2.